The molecule has 64 valence electrons. The van der Waals surface area contributed by atoms with Crippen molar-refractivity contribution in [3.8, 4) is 0 Å². The Kier molecular flexibility index (Phi) is 2.18. The number of carbonyl (C=O) groups is 1. The molecule has 1 saturated carbocycles. The highest BCUT2D eigenvalue weighted by molar-refractivity contribution is 5.84. The fraction of sp³-hybridized carbons (Fsp3) is 0.875. The molecule has 1 fully saturated rings. The van der Waals surface area contributed by atoms with Gasteiger partial charge < -0.3 is 11.1 Å². The molecule has 0 bridgehead atoms. The first-order valence-corrected chi connectivity index (χ1v) is 4.09. The van der Waals surface area contributed by atoms with E-state index in [-0.39, 0.29) is 17.4 Å². The maximum absolute atomic E-state index is 11.3. The van der Waals surface area contributed by atoms with E-state index >= 15 is 0 Å². The summed E-state index contributed by atoms with van der Waals surface area (Å²) in [7, 11) is 0. The number of amides is 1. The van der Waals surface area contributed by atoms with Gasteiger partial charge in [-0.15, -0.1) is 0 Å². The summed E-state index contributed by atoms with van der Waals surface area (Å²) in [5, 5.41) is 2.87. The summed E-state index contributed by atoms with van der Waals surface area (Å²) in [6, 6.07) is 0.111. The molecule has 0 aromatic carbocycles. The molecule has 11 heavy (non-hydrogen) atoms. The summed E-state index contributed by atoms with van der Waals surface area (Å²) in [6.45, 7) is 4.43. The summed E-state index contributed by atoms with van der Waals surface area (Å²) < 4.78 is 0. The van der Waals surface area contributed by atoms with Gasteiger partial charge in [-0.1, -0.05) is 6.92 Å². The third kappa shape index (κ3) is 1.93. The minimum Gasteiger partial charge on any atom is -0.352 e. The van der Waals surface area contributed by atoms with Crippen molar-refractivity contribution in [2.24, 2.45) is 11.1 Å². The smallest absolute Gasteiger partial charge is 0.226 e. The molecule has 3 heteroatoms. The molecule has 0 heterocycles. The highest BCUT2D eigenvalue weighted by Crippen LogP contribution is 2.44. The van der Waals surface area contributed by atoms with Gasteiger partial charge in [-0.25, -0.2) is 0 Å². The van der Waals surface area contributed by atoms with Gasteiger partial charge in [0.1, 0.15) is 0 Å². The summed E-state index contributed by atoms with van der Waals surface area (Å²) in [5.41, 5.74) is 5.30. The molecule has 1 aliphatic carbocycles. The minimum absolute atomic E-state index is 0.0660. The van der Waals surface area contributed by atoms with E-state index in [1.807, 2.05) is 13.8 Å². The van der Waals surface area contributed by atoms with Crippen molar-refractivity contribution in [2.75, 3.05) is 6.54 Å². The molecule has 0 spiro atoms. The first-order valence-electron chi connectivity index (χ1n) is 4.09. The summed E-state index contributed by atoms with van der Waals surface area (Å²) in [6.07, 6.45) is 2.05. The molecule has 1 rings (SSSR count). The van der Waals surface area contributed by atoms with Crippen LogP contribution in [0.2, 0.25) is 0 Å². The zero-order valence-corrected chi connectivity index (χ0v) is 7.18. The predicted molar refractivity (Wildman–Crippen MR) is 44.0 cm³/mol. The number of carbonyl (C=O) groups excluding carboxylic acids is 1. The van der Waals surface area contributed by atoms with Crippen LogP contribution in [0.1, 0.15) is 26.7 Å². The van der Waals surface area contributed by atoms with Gasteiger partial charge in [-0.3, -0.25) is 4.79 Å². The number of hydrogen-bond donors (Lipinski definition) is 2. The van der Waals surface area contributed by atoms with Crippen LogP contribution in [-0.2, 0) is 4.79 Å². The maximum atomic E-state index is 11.3. The van der Waals surface area contributed by atoms with Crippen LogP contribution in [0.5, 0.6) is 0 Å². The molecule has 0 saturated heterocycles. The molecule has 1 aliphatic rings. The van der Waals surface area contributed by atoms with Crippen LogP contribution in [0.25, 0.3) is 0 Å². The van der Waals surface area contributed by atoms with Crippen LogP contribution < -0.4 is 11.1 Å². The molecule has 1 atom stereocenters. The Morgan fingerprint density at radius 1 is 1.73 bits per heavy atom. The number of nitrogens with one attached hydrogen (secondary N) is 1. The van der Waals surface area contributed by atoms with E-state index in [1.165, 1.54) is 0 Å². The van der Waals surface area contributed by atoms with Crippen LogP contribution in [0.3, 0.4) is 0 Å². The van der Waals surface area contributed by atoms with E-state index in [9.17, 15) is 4.79 Å². The highest BCUT2D eigenvalue weighted by atomic mass is 16.2. The van der Waals surface area contributed by atoms with Gasteiger partial charge in [0.15, 0.2) is 0 Å². The van der Waals surface area contributed by atoms with E-state index in [0.29, 0.717) is 6.54 Å². The van der Waals surface area contributed by atoms with E-state index in [1.54, 1.807) is 0 Å². The van der Waals surface area contributed by atoms with Gasteiger partial charge in [0.2, 0.25) is 5.91 Å². The summed E-state index contributed by atoms with van der Waals surface area (Å²) in [5.74, 6) is 0.162. The third-order valence-electron chi connectivity index (χ3n) is 2.28. The van der Waals surface area contributed by atoms with Crippen molar-refractivity contribution in [2.45, 2.75) is 32.7 Å². The van der Waals surface area contributed by atoms with Gasteiger partial charge in [0.25, 0.3) is 0 Å². The summed E-state index contributed by atoms with van der Waals surface area (Å²) >= 11 is 0. The van der Waals surface area contributed by atoms with Crippen molar-refractivity contribution in [3.63, 3.8) is 0 Å². The lowest BCUT2D eigenvalue weighted by molar-refractivity contribution is -0.126. The van der Waals surface area contributed by atoms with Crippen molar-refractivity contribution in [3.05, 3.63) is 0 Å². The van der Waals surface area contributed by atoms with Gasteiger partial charge in [0.05, 0.1) is 0 Å². The molecule has 0 aromatic rings. The van der Waals surface area contributed by atoms with Crippen LogP contribution in [-0.4, -0.2) is 18.5 Å². The lowest BCUT2D eigenvalue weighted by atomic mass is 10.1. The van der Waals surface area contributed by atoms with Crippen LogP contribution >= 0.6 is 0 Å². The monoisotopic (exact) mass is 156 g/mol. The molecule has 1 amide bonds. The normalized spacial score (nSPS) is 22.5. The number of nitrogens with two attached hydrogens (primary N) is 1. The van der Waals surface area contributed by atoms with Gasteiger partial charge in [0, 0.05) is 18.0 Å². The molecule has 0 aliphatic heterocycles. The Morgan fingerprint density at radius 2 is 2.27 bits per heavy atom. The standard InChI is InChI=1S/C8H16N2O/c1-6(5-9)10-7(11)8(2)3-4-8/h6H,3-5,9H2,1-2H3,(H,10,11)/t6-/m0/s1. The Morgan fingerprint density at radius 3 is 2.64 bits per heavy atom. The second-order valence-electron chi connectivity index (χ2n) is 3.67. The molecule has 0 radical (unpaired) electrons. The van der Waals surface area contributed by atoms with Crippen molar-refractivity contribution in [1.82, 2.24) is 5.32 Å². The van der Waals surface area contributed by atoms with E-state index in [2.05, 4.69) is 5.32 Å². The molecule has 0 aromatic heterocycles. The first-order chi connectivity index (χ1) is 5.08. The zero-order chi connectivity index (χ0) is 8.48. The average molecular weight is 156 g/mol. The quantitative estimate of drug-likeness (QED) is 0.615. The lowest BCUT2D eigenvalue weighted by Gasteiger charge is -2.14. The molecule has 3 N–H and O–H groups in total. The van der Waals surface area contributed by atoms with Crippen LogP contribution in [0.15, 0.2) is 0 Å². The minimum atomic E-state index is -0.0660. The van der Waals surface area contributed by atoms with Crippen molar-refractivity contribution < 1.29 is 4.79 Å². The molecular formula is C8H16N2O. The second kappa shape index (κ2) is 2.81. The predicted octanol–water partition coefficient (Wildman–Crippen LogP) is 0.250. The molecular weight excluding hydrogens is 140 g/mol. The van der Waals surface area contributed by atoms with E-state index in [4.69, 9.17) is 5.73 Å². The van der Waals surface area contributed by atoms with E-state index < -0.39 is 0 Å². The summed E-state index contributed by atoms with van der Waals surface area (Å²) in [4.78, 5) is 11.3. The number of rotatable bonds is 3. The molecule has 3 nitrogen and oxygen atoms in total. The van der Waals surface area contributed by atoms with Gasteiger partial charge >= 0.3 is 0 Å². The van der Waals surface area contributed by atoms with Crippen LogP contribution in [0, 0.1) is 5.41 Å². The number of hydrogen-bond acceptors (Lipinski definition) is 2. The first kappa shape index (κ1) is 8.53. The zero-order valence-electron chi connectivity index (χ0n) is 7.18. The maximum Gasteiger partial charge on any atom is 0.226 e. The highest BCUT2D eigenvalue weighted by Gasteiger charge is 2.44. The Hall–Kier alpha value is -0.570. The van der Waals surface area contributed by atoms with Gasteiger partial charge in [-0.05, 0) is 19.8 Å². The fourth-order valence-corrected chi connectivity index (χ4v) is 0.872. The Balaban J connectivity index is 2.32. The van der Waals surface area contributed by atoms with Crippen molar-refractivity contribution >= 4 is 5.91 Å². The van der Waals surface area contributed by atoms with Crippen LogP contribution in [0.4, 0.5) is 0 Å². The van der Waals surface area contributed by atoms with E-state index in [0.717, 1.165) is 12.8 Å². The Bertz CT molecular complexity index is 163. The SMILES string of the molecule is C[C@@H](CN)NC(=O)C1(C)CC1. The molecule has 0 unspecified atom stereocenters. The largest absolute Gasteiger partial charge is 0.352 e. The third-order valence-corrected chi connectivity index (χ3v) is 2.28. The second-order valence-corrected chi connectivity index (χ2v) is 3.67. The topological polar surface area (TPSA) is 55.1 Å². The van der Waals surface area contributed by atoms with Crippen molar-refractivity contribution in [1.29, 1.82) is 0 Å². The lowest BCUT2D eigenvalue weighted by Crippen LogP contribution is -2.41. The fourth-order valence-electron chi connectivity index (χ4n) is 0.872. The Labute approximate surface area is 67.3 Å². The van der Waals surface area contributed by atoms with Gasteiger partial charge in [-0.2, -0.15) is 0 Å². The average Bonchev–Trinajstić information content (AvgIpc) is 2.69.